The van der Waals surface area contributed by atoms with Crippen LogP contribution in [0.2, 0.25) is 36.3 Å². The Morgan fingerprint density at radius 1 is 0.967 bits per heavy atom. The molecule has 30 heavy (non-hydrogen) atoms. The number of nitrogens with two attached hydrogens (primary N) is 1. The highest BCUT2D eigenvalue weighted by Crippen LogP contribution is 2.44. The van der Waals surface area contributed by atoms with Crippen LogP contribution >= 0.6 is 0 Å². The molecule has 0 aliphatic rings. The van der Waals surface area contributed by atoms with Crippen LogP contribution in [-0.2, 0) is 20.3 Å². The molecule has 3 N–H and O–H groups in total. The predicted octanol–water partition coefficient (Wildman–Crippen LogP) is 5.45. The number of hydrogen-bond donors (Lipinski definition) is 2. The normalized spacial score (nSPS) is 13.9. The van der Waals surface area contributed by atoms with Crippen molar-refractivity contribution in [1.82, 2.24) is 0 Å². The van der Waals surface area contributed by atoms with Crippen LogP contribution < -0.4 is 5.73 Å². The van der Waals surface area contributed by atoms with Crippen LogP contribution in [0.15, 0.2) is 30.3 Å². The third kappa shape index (κ3) is 9.87. The lowest BCUT2D eigenvalue weighted by Gasteiger charge is -2.47. The fraction of sp³-hybridized carbons (Fsp3) is 0.696. The van der Waals surface area contributed by atoms with Crippen molar-refractivity contribution in [2.24, 2.45) is 5.73 Å². The highest BCUT2D eigenvalue weighted by molar-refractivity contribution is 6.87. The van der Waals surface area contributed by atoms with Crippen molar-refractivity contribution < 1.29 is 18.8 Å². The summed E-state index contributed by atoms with van der Waals surface area (Å²) in [4.78, 5) is 11.2. The van der Waals surface area contributed by atoms with Crippen LogP contribution in [0, 0.1) is 0 Å². The Balaban J connectivity index is 0.000000561. The molecule has 0 radical (unpaired) electrons. The average molecular weight is 456 g/mol. The maximum Gasteiger partial charge on any atom is 0.323 e. The van der Waals surface area contributed by atoms with E-state index in [0.29, 0.717) is 10.1 Å². The summed E-state index contributed by atoms with van der Waals surface area (Å²) in [7, 11) is -3.18. The van der Waals surface area contributed by atoms with Crippen LogP contribution in [0.4, 0.5) is 0 Å². The summed E-state index contributed by atoms with van der Waals surface area (Å²) in [6.45, 7) is 23.4. The Labute approximate surface area is 186 Å². The van der Waals surface area contributed by atoms with Crippen LogP contribution in [-0.4, -0.2) is 40.4 Å². The zero-order valence-corrected chi connectivity index (χ0v) is 22.8. The smallest absolute Gasteiger partial charge is 0.323 e. The molecule has 1 aromatic carbocycles. The number of benzene rings is 1. The van der Waals surface area contributed by atoms with Gasteiger partial charge in [0.1, 0.15) is 12.6 Å². The summed E-state index contributed by atoms with van der Waals surface area (Å²) in [6.07, 6.45) is 0.230. The van der Waals surface area contributed by atoms with E-state index in [-0.39, 0.29) is 19.6 Å². The Hall–Kier alpha value is -0.996. The van der Waals surface area contributed by atoms with Gasteiger partial charge in [0, 0.05) is 6.61 Å². The van der Waals surface area contributed by atoms with Gasteiger partial charge in [0.15, 0.2) is 16.6 Å². The van der Waals surface area contributed by atoms with E-state index < -0.39 is 28.6 Å². The second-order valence-corrected chi connectivity index (χ2v) is 20.7. The molecule has 7 heteroatoms. The molecule has 0 bridgehead atoms. The molecule has 0 saturated heterocycles. The average Bonchev–Trinajstić information content (AvgIpc) is 2.58. The van der Waals surface area contributed by atoms with Gasteiger partial charge in [-0.3, -0.25) is 4.79 Å². The van der Waals surface area contributed by atoms with E-state index in [0.717, 1.165) is 5.56 Å². The van der Waals surface area contributed by atoms with Gasteiger partial charge in [-0.05, 0) is 48.2 Å². The third-order valence-electron chi connectivity index (χ3n) is 6.09. The highest BCUT2D eigenvalue weighted by atomic mass is 28.4. The molecule has 0 heterocycles. The number of esters is 1. The number of aliphatic hydroxyl groups is 1. The van der Waals surface area contributed by atoms with Gasteiger partial charge in [0.2, 0.25) is 0 Å². The molecule has 1 rings (SSSR count). The molecule has 0 saturated carbocycles. The van der Waals surface area contributed by atoms with Crippen molar-refractivity contribution in [1.29, 1.82) is 0 Å². The van der Waals surface area contributed by atoms with Gasteiger partial charge in [0.05, 0.1) is 0 Å². The van der Waals surface area contributed by atoms with Gasteiger partial charge in [-0.15, -0.1) is 0 Å². The molecule has 0 amide bonds. The largest absolute Gasteiger partial charge is 0.460 e. The van der Waals surface area contributed by atoms with Gasteiger partial charge in [-0.2, -0.15) is 0 Å². The molecule has 1 atom stereocenters. The van der Waals surface area contributed by atoms with E-state index in [2.05, 4.69) is 67.7 Å². The number of aliphatic hydroxyl groups excluding tert-OH is 1. The molecule has 0 aliphatic carbocycles. The number of carbonyl (C=O) groups is 1. The maximum absolute atomic E-state index is 11.2. The summed E-state index contributed by atoms with van der Waals surface area (Å²) in [5.41, 5.74) is 6.38. The van der Waals surface area contributed by atoms with Gasteiger partial charge in [-0.1, -0.05) is 71.9 Å². The first-order chi connectivity index (χ1) is 13.4. The summed E-state index contributed by atoms with van der Waals surface area (Å²) < 4.78 is 11.6. The highest BCUT2D eigenvalue weighted by Gasteiger charge is 2.46. The Kier molecular flexibility index (Phi) is 11.2. The Morgan fingerprint density at radius 3 is 1.77 bits per heavy atom. The van der Waals surface area contributed by atoms with E-state index in [9.17, 15) is 4.79 Å². The molecule has 0 fully saturated rings. The van der Waals surface area contributed by atoms with E-state index in [1.165, 1.54) is 0 Å². The van der Waals surface area contributed by atoms with Crippen molar-refractivity contribution >= 4 is 22.6 Å². The van der Waals surface area contributed by atoms with Crippen molar-refractivity contribution in [3.8, 4) is 0 Å². The lowest BCUT2D eigenvalue weighted by molar-refractivity contribution is -0.146. The molecule has 0 spiro atoms. The van der Waals surface area contributed by atoms with E-state index >= 15 is 0 Å². The molecule has 1 aromatic rings. The lowest BCUT2D eigenvalue weighted by atomic mass is 10.2. The predicted molar refractivity (Wildman–Crippen MR) is 131 cm³/mol. The first-order valence-corrected chi connectivity index (χ1v) is 16.5. The van der Waals surface area contributed by atoms with Crippen LogP contribution in [0.25, 0.3) is 0 Å². The molecular weight excluding hydrogens is 410 g/mol. The summed E-state index contributed by atoms with van der Waals surface area (Å²) in [5.74, 6) is -0.479. The second-order valence-electron chi connectivity index (χ2n) is 10.8. The standard InChI is InChI=1S/C12H30OSi2.C11H15NO3/c1-11(2,3)14(7,8)13-15(9,10)12(4,5)6;12-10(6-7-13)11(14)15-8-9-4-2-1-3-5-9/h1-10H3;1-5,10,13H,6-8,12H2. The maximum atomic E-state index is 11.2. The molecule has 174 valence electrons. The lowest BCUT2D eigenvalue weighted by Crippen LogP contribution is -2.53. The van der Waals surface area contributed by atoms with Gasteiger partial charge in [-0.25, -0.2) is 0 Å². The number of rotatable bonds is 7. The summed E-state index contributed by atoms with van der Waals surface area (Å²) in [5, 5.41) is 9.23. The van der Waals surface area contributed by atoms with E-state index in [1.807, 2.05) is 30.3 Å². The fourth-order valence-electron chi connectivity index (χ4n) is 2.04. The minimum absolute atomic E-state index is 0.110. The van der Waals surface area contributed by atoms with Crippen LogP contribution in [0.3, 0.4) is 0 Å². The number of ether oxygens (including phenoxy) is 1. The third-order valence-corrected chi connectivity index (χ3v) is 17.4. The van der Waals surface area contributed by atoms with Crippen molar-refractivity contribution in [2.75, 3.05) is 6.61 Å². The second kappa shape index (κ2) is 11.6. The quantitative estimate of drug-likeness (QED) is 0.422. The number of carbonyl (C=O) groups excluding carboxylic acids is 1. The molecule has 1 unspecified atom stereocenters. The summed E-state index contributed by atoms with van der Waals surface area (Å²) >= 11 is 0. The molecule has 0 aliphatic heterocycles. The van der Waals surface area contributed by atoms with Crippen LogP contribution in [0.1, 0.15) is 53.5 Å². The van der Waals surface area contributed by atoms with Gasteiger partial charge in [0.25, 0.3) is 0 Å². The monoisotopic (exact) mass is 455 g/mol. The Bertz CT molecular complexity index is 611. The molecule has 0 aromatic heterocycles. The summed E-state index contributed by atoms with van der Waals surface area (Å²) in [6, 6.07) is 8.63. The number of hydrogen-bond acceptors (Lipinski definition) is 5. The van der Waals surface area contributed by atoms with Crippen molar-refractivity contribution in [2.45, 2.75) is 96.9 Å². The van der Waals surface area contributed by atoms with Crippen molar-refractivity contribution in [3.05, 3.63) is 35.9 Å². The Morgan fingerprint density at radius 2 is 1.40 bits per heavy atom. The van der Waals surface area contributed by atoms with Gasteiger partial charge < -0.3 is 19.7 Å². The topological polar surface area (TPSA) is 81.8 Å². The minimum atomic E-state index is -1.59. The zero-order chi connectivity index (χ0) is 23.8. The van der Waals surface area contributed by atoms with E-state index in [1.54, 1.807) is 0 Å². The first-order valence-electron chi connectivity index (χ1n) is 10.7. The van der Waals surface area contributed by atoms with Gasteiger partial charge >= 0.3 is 5.97 Å². The minimum Gasteiger partial charge on any atom is -0.460 e. The fourth-order valence-corrected chi connectivity index (χ4v) is 9.59. The SMILES string of the molecule is CC(C)(C)[Si](C)(C)O[Si](C)(C)C(C)(C)C.NC(CCO)C(=O)OCc1ccccc1. The first kappa shape index (κ1) is 29.0. The molecule has 5 nitrogen and oxygen atoms in total. The van der Waals surface area contributed by atoms with Crippen molar-refractivity contribution in [3.63, 3.8) is 0 Å². The van der Waals surface area contributed by atoms with E-state index in [4.69, 9.17) is 19.7 Å². The van der Waals surface area contributed by atoms with Crippen LogP contribution in [0.5, 0.6) is 0 Å². The molecular formula is C23H45NO4Si2. The zero-order valence-electron chi connectivity index (χ0n) is 20.8.